The summed E-state index contributed by atoms with van der Waals surface area (Å²) in [6.45, 7) is 9.98. The first-order valence-corrected chi connectivity index (χ1v) is 13.8. The fourth-order valence-electron chi connectivity index (χ4n) is 5.94. The number of aldehydes is 1. The van der Waals surface area contributed by atoms with Crippen molar-refractivity contribution >= 4 is 41.6 Å². The third kappa shape index (κ3) is 6.98. The van der Waals surface area contributed by atoms with Crippen LogP contribution in [0, 0.1) is 5.82 Å². The first kappa shape index (κ1) is 32.0. The molecular weight excluding hydrogens is 534 g/mol. The number of halogens is 1. The van der Waals surface area contributed by atoms with E-state index in [0.29, 0.717) is 31.5 Å². The molecule has 2 aliphatic rings. The van der Waals surface area contributed by atoms with Gasteiger partial charge in [0.25, 0.3) is 0 Å². The number of amides is 2. The number of piperidine rings is 1. The van der Waals surface area contributed by atoms with Gasteiger partial charge in [0.15, 0.2) is 6.29 Å². The number of nitrogens with zero attached hydrogens (tertiary/aromatic N) is 2. The second kappa shape index (κ2) is 11.6. The van der Waals surface area contributed by atoms with E-state index in [9.17, 15) is 14.4 Å². The van der Waals surface area contributed by atoms with Crippen LogP contribution in [0.3, 0.4) is 0 Å². The van der Waals surface area contributed by atoms with Crippen molar-refractivity contribution in [3.63, 3.8) is 0 Å². The van der Waals surface area contributed by atoms with Gasteiger partial charge in [-0.05, 0) is 64.9 Å². The van der Waals surface area contributed by atoms with Crippen LogP contribution in [-0.4, -0.2) is 88.2 Å². The number of hydrogen-bond acceptors (Lipinski definition) is 7. The summed E-state index contributed by atoms with van der Waals surface area (Å²) in [7, 11) is 20.8. The molecule has 4 rings (SSSR count). The maximum atomic E-state index is 15.2. The fourth-order valence-corrected chi connectivity index (χ4v) is 5.94. The van der Waals surface area contributed by atoms with Crippen molar-refractivity contribution < 1.29 is 28.2 Å². The van der Waals surface area contributed by atoms with Gasteiger partial charge in [0.05, 0.1) is 22.0 Å². The van der Waals surface area contributed by atoms with Gasteiger partial charge in [-0.15, -0.1) is 0 Å². The smallest absolute Gasteiger partial charge is 0.237 e. The van der Waals surface area contributed by atoms with Crippen LogP contribution in [0.1, 0.15) is 67.6 Å². The second-order valence-electron chi connectivity index (χ2n) is 12.6. The van der Waals surface area contributed by atoms with E-state index in [2.05, 4.69) is 10.2 Å². The summed E-state index contributed by atoms with van der Waals surface area (Å²) in [4.78, 5) is 40.0. The number of rotatable bonds is 9. The number of nitrogens with one attached hydrogen (secondary N) is 1. The topological polar surface area (TPSA) is 88.2 Å². The average molecular weight is 569 g/mol. The van der Waals surface area contributed by atoms with Crippen molar-refractivity contribution in [3.8, 4) is 5.75 Å². The Labute approximate surface area is 250 Å². The highest BCUT2D eigenvalue weighted by Crippen LogP contribution is 2.34. The normalized spacial score (nSPS) is 22.5. The molecule has 0 aliphatic carbocycles. The number of ether oxygens (including phenoxy) is 2. The molecule has 1 unspecified atom stereocenters. The van der Waals surface area contributed by atoms with E-state index in [-0.39, 0.29) is 47.5 Å². The summed E-state index contributed by atoms with van der Waals surface area (Å²) in [5.41, 5.74) is -0.912. The van der Waals surface area contributed by atoms with Crippen LogP contribution in [0.15, 0.2) is 36.4 Å². The van der Waals surface area contributed by atoms with Crippen LogP contribution in [0.4, 0.5) is 4.39 Å². The summed E-state index contributed by atoms with van der Waals surface area (Å²) in [6.07, 6.45) is 0.779. The first-order chi connectivity index (χ1) is 19.4. The van der Waals surface area contributed by atoms with E-state index >= 15 is 4.39 Å². The Balaban J connectivity index is 1.60. The number of benzene rings is 2. The lowest BCUT2D eigenvalue weighted by molar-refractivity contribution is -0.182. The summed E-state index contributed by atoms with van der Waals surface area (Å²) in [6, 6.07) is 9.27. The molecule has 12 heteroatoms. The third-order valence-electron chi connectivity index (χ3n) is 7.65. The molecule has 0 bridgehead atoms. The molecule has 42 heavy (non-hydrogen) atoms. The van der Waals surface area contributed by atoms with Crippen LogP contribution in [0.5, 0.6) is 5.75 Å². The van der Waals surface area contributed by atoms with Crippen molar-refractivity contribution in [1.82, 2.24) is 15.1 Å². The summed E-state index contributed by atoms with van der Waals surface area (Å²) in [5, 5.41) is 0.134. The van der Waals surface area contributed by atoms with Crippen molar-refractivity contribution in [1.29, 1.82) is 0 Å². The standard InChI is InChI=1S/C30H35B3FN3O5/c1-27(2)17-37(18-28(3,4)42-27)14-19-9-10-23(34)22(13-19)30(32,33)41-24-8-6-7-20(16-38)21(24)15-36(5)29(31)12-11-25(39)35-26(29)40/h6-10,13,16H,11-12,14-15,17-18H2,1-5H3,(H,35,39,40). The molecule has 0 saturated carbocycles. The molecule has 0 aromatic heterocycles. The number of likely N-dealkylation sites (N-methyl/N-ethyl adjacent to an activating group) is 1. The molecular formula is C30H35B3FN3O5. The zero-order chi connectivity index (χ0) is 31.1. The molecule has 0 spiro atoms. The maximum Gasteiger partial charge on any atom is 0.237 e. The summed E-state index contributed by atoms with van der Waals surface area (Å²) in [5.74, 6) is -1.59. The molecule has 1 atom stereocenters. The van der Waals surface area contributed by atoms with Crippen LogP contribution < -0.4 is 10.1 Å². The predicted octanol–water partition coefficient (Wildman–Crippen LogP) is 2.29. The first-order valence-electron chi connectivity index (χ1n) is 13.8. The maximum absolute atomic E-state index is 15.2. The molecule has 2 amide bonds. The molecule has 6 radical (unpaired) electrons. The van der Waals surface area contributed by atoms with E-state index in [4.69, 9.17) is 33.0 Å². The monoisotopic (exact) mass is 569 g/mol. The van der Waals surface area contributed by atoms with Crippen molar-refractivity contribution in [2.75, 3.05) is 20.1 Å². The highest BCUT2D eigenvalue weighted by atomic mass is 19.1. The molecule has 8 nitrogen and oxygen atoms in total. The minimum atomic E-state index is -2.12. The Hall–Kier alpha value is -2.95. The van der Waals surface area contributed by atoms with Gasteiger partial charge < -0.3 is 9.47 Å². The Morgan fingerprint density at radius 3 is 2.43 bits per heavy atom. The summed E-state index contributed by atoms with van der Waals surface area (Å²) >= 11 is 0. The quantitative estimate of drug-likeness (QED) is 0.282. The van der Waals surface area contributed by atoms with Crippen LogP contribution in [0.25, 0.3) is 0 Å². The molecule has 2 aromatic rings. The largest absolute Gasteiger partial charge is 0.502 e. The van der Waals surface area contributed by atoms with E-state index < -0.39 is 28.5 Å². The zero-order valence-corrected chi connectivity index (χ0v) is 24.8. The van der Waals surface area contributed by atoms with Gasteiger partial charge in [0, 0.05) is 49.3 Å². The van der Waals surface area contributed by atoms with Crippen molar-refractivity contribution in [2.24, 2.45) is 0 Å². The van der Waals surface area contributed by atoms with Crippen molar-refractivity contribution in [3.05, 3.63) is 64.5 Å². The fraction of sp³-hybridized carbons (Fsp3) is 0.500. The van der Waals surface area contributed by atoms with Gasteiger partial charge in [-0.2, -0.15) is 0 Å². The molecule has 2 aliphatic heterocycles. The Morgan fingerprint density at radius 2 is 1.81 bits per heavy atom. The van der Waals surface area contributed by atoms with Crippen LogP contribution in [0.2, 0.25) is 0 Å². The Bertz CT molecular complexity index is 1370. The molecule has 1 N–H and O–H groups in total. The lowest BCUT2D eigenvalue weighted by Crippen LogP contribution is -2.62. The molecule has 2 fully saturated rings. The van der Waals surface area contributed by atoms with Crippen molar-refractivity contribution in [2.45, 2.75) is 75.7 Å². The van der Waals surface area contributed by atoms with Gasteiger partial charge >= 0.3 is 0 Å². The van der Waals surface area contributed by atoms with Gasteiger partial charge in [0.2, 0.25) is 11.8 Å². The van der Waals surface area contributed by atoms with Gasteiger partial charge in [-0.3, -0.25) is 29.5 Å². The lowest BCUT2D eigenvalue weighted by atomic mass is 9.60. The van der Waals surface area contributed by atoms with Crippen LogP contribution in [-0.2, 0) is 32.8 Å². The van der Waals surface area contributed by atoms with E-state index in [1.807, 2.05) is 27.7 Å². The zero-order valence-electron chi connectivity index (χ0n) is 24.8. The molecule has 2 aromatic carbocycles. The molecule has 2 saturated heterocycles. The highest BCUT2D eigenvalue weighted by Gasteiger charge is 2.42. The number of hydrogen-bond donors (Lipinski definition) is 1. The minimum absolute atomic E-state index is 0.0242. The van der Waals surface area contributed by atoms with Gasteiger partial charge in [-0.25, -0.2) is 4.39 Å². The SMILES string of the molecule is [B]C([B])(Oc1cccc(C=O)c1CN(C)C1([B])CCC(=O)NC1=O)c1cc(CN2CC(C)(C)OC(C)(C)C2)ccc1F. The molecule has 216 valence electrons. The highest BCUT2D eigenvalue weighted by molar-refractivity contribution is 6.39. The summed E-state index contributed by atoms with van der Waals surface area (Å²) < 4.78 is 27.4. The number of carbonyl (C=O) groups is 3. The third-order valence-corrected chi connectivity index (χ3v) is 7.65. The number of carbonyl (C=O) groups excluding carboxylic acids is 3. The number of morpholine rings is 1. The molecule has 2 heterocycles. The Kier molecular flexibility index (Phi) is 8.85. The van der Waals surface area contributed by atoms with Gasteiger partial charge in [0.1, 0.15) is 35.1 Å². The number of imide groups is 1. The van der Waals surface area contributed by atoms with E-state index in [1.54, 1.807) is 37.4 Å². The second-order valence-corrected chi connectivity index (χ2v) is 12.6. The predicted molar refractivity (Wildman–Crippen MR) is 159 cm³/mol. The minimum Gasteiger partial charge on any atom is -0.502 e. The Morgan fingerprint density at radius 1 is 1.14 bits per heavy atom. The van der Waals surface area contributed by atoms with Gasteiger partial charge in [-0.1, -0.05) is 18.2 Å². The lowest BCUT2D eigenvalue weighted by Gasteiger charge is -2.47. The van der Waals surface area contributed by atoms with Crippen LogP contribution >= 0.6 is 0 Å². The average Bonchev–Trinajstić information content (AvgIpc) is 2.86. The van der Waals surface area contributed by atoms with E-state index in [0.717, 1.165) is 5.56 Å². The van der Waals surface area contributed by atoms with E-state index in [1.165, 1.54) is 11.0 Å².